The average Bonchev–Trinajstić information content (AvgIpc) is 2.91. The van der Waals surface area contributed by atoms with Crippen molar-refractivity contribution in [3.8, 4) is 0 Å². The van der Waals surface area contributed by atoms with Gasteiger partial charge in [0.05, 0.1) is 6.04 Å². The van der Waals surface area contributed by atoms with Crippen molar-refractivity contribution in [1.82, 2.24) is 15.1 Å². The Kier molecular flexibility index (Phi) is 10.1. The second-order valence-corrected chi connectivity index (χ2v) is 11.1. The summed E-state index contributed by atoms with van der Waals surface area (Å²) in [6.07, 6.45) is 15.5. The van der Waals surface area contributed by atoms with E-state index < -0.39 is 0 Å². The number of rotatable bonds is 10. The third-order valence-corrected chi connectivity index (χ3v) is 8.66. The normalized spacial score (nSPS) is 22.1. The van der Waals surface area contributed by atoms with Gasteiger partial charge in [0.2, 0.25) is 11.8 Å². The molecular formula is C30H47N3O2. The number of carbonyl (C=O) groups excluding carboxylic acids is 2. The zero-order valence-electron chi connectivity index (χ0n) is 22.0. The lowest BCUT2D eigenvalue weighted by molar-refractivity contribution is -0.133. The van der Waals surface area contributed by atoms with Crippen LogP contribution < -0.4 is 5.32 Å². The quantitative estimate of drug-likeness (QED) is 0.441. The van der Waals surface area contributed by atoms with Gasteiger partial charge in [0.25, 0.3) is 0 Å². The minimum absolute atomic E-state index is 0.138. The highest BCUT2D eigenvalue weighted by molar-refractivity contribution is 5.79. The van der Waals surface area contributed by atoms with Gasteiger partial charge in [0, 0.05) is 31.5 Å². The van der Waals surface area contributed by atoms with Crippen molar-refractivity contribution in [1.29, 1.82) is 0 Å². The van der Waals surface area contributed by atoms with Crippen molar-refractivity contribution in [2.75, 3.05) is 26.2 Å². The third-order valence-electron chi connectivity index (χ3n) is 8.66. The van der Waals surface area contributed by atoms with Gasteiger partial charge >= 0.3 is 0 Å². The molecule has 2 aliphatic heterocycles. The van der Waals surface area contributed by atoms with Crippen LogP contribution in [0.2, 0.25) is 0 Å². The van der Waals surface area contributed by atoms with Gasteiger partial charge in [0.1, 0.15) is 0 Å². The Labute approximate surface area is 213 Å². The van der Waals surface area contributed by atoms with E-state index in [1.54, 1.807) is 0 Å². The molecule has 194 valence electrons. The molecular weight excluding hydrogens is 434 g/mol. The standard InChI is InChI=1S/C30H47N3O2/c1-2-3-4-5-6-7-15-29(34)33-22-18-26(19-23-33)32-20-16-25(17-21-32)30(35)31-28-14-10-12-24-11-8-9-13-27(24)28/h8-9,11,13,25-26,28H,2-7,10,12,14-23H2,1H3,(H,31,35). The highest BCUT2D eigenvalue weighted by Crippen LogP contribution is 2.31. The van der Waals surface area contributed by atoms with Crippen molar-refractivity contribution in [3.63, 3.8) is 0 Å². The predicted octanol–water partition coefficient (Wildman–Crippen LogP) is 5.63. The molecule has 35 heavy (non-hydrogen) atoms. The number of hydrogen-bond acceptors (Lipinski definition) is 3. The summed E-state index contributed by atoms with van der Waals surface area (Å²) < 4.78 is 0. The molecule has 1 aromatic rings. The van der Waals surface area contributed by atoms with E-state index in [-0.39, 0.29) is 17.9 Å². The molecule has 1 unspecified atom stereocenters. The lowest BCUT2D eigenvalue weighted by Crippen LogP contribution is -2.50. The SMILES string of the molecule is CCCCCCCCC(=O)N1CCC(N2CCC(C(=O)NC3CCCc4ccccc43)CC2)CC1. The molecule has 0 bridgehead atoms. The van der Waals surface area contributed by atoms with Gasteiger partial charge in [-0.2, -0.15) is 0 Å². The number of piperidine rings is 2. The Morgan fingerprint density at radius 2 is 1.60 bits per heavy atom. The maximum Gasteiger partial charge on any atom is 0.223 e. The second kappa shape index (κ2) is 13.4. The van der Waals surface area contributed by atoms with Crippen molar-refractivity contribution < 1.29 is 9.59 Å². The Morgan fingerprint density at radius 3 is 2.37 bits per heavy atom. The molecule has 0 aromatic heterocycles. The maximum atomic E-state index is 13.1. The van der Waals surface area contributed by atoms with Crippen LogP contribution in [0.15, 0.2) is 24.3 Å². The molecule has 0 spiro atoms. The number of nitrogens with zero attached hydrogens (tertiary/aromatic N) is 2. The predicted molar refractivity (Wildman–Crippen MR) is 142 cm³/mol. The summed E-state index contributed by atoms with van der Waals surface area (Å²) >= 11 is 0. The largest absolute Gasteiger partial charge is 0.349 e. The van der Waals surface area contributed by atoms with Crippen LogP contribution in [0.5, 0.6) is 0 Å². The molecule has 3 aliphatic rings. The first-order valence-corrected chi connectivity index (χ1v) is 14.6. The van der Waals surface area contributed by atoms with Crippen LogP contribution in [0, 0.1) is 5.92 Å². The van der Waals surface area contributed by atoms with Crippen LogP contribution in [-0.4, -0.2) is 53.8 Å². The van der Waals surface area contributed by atoms with Gasteiger partial charge in [-0.15, -0.1) is 0 Å². The first kappa shape index (κ1) is 26.2. The molecule has 1 N–H and O–H groups in total. The molecule has 2 amide bonds. The number of hydrogen-bond donors (Lipinski definition) is 1. The zero-order chi connectivity index (χ0) is 24.5. The molecule has 0 radical (unpaired) electrons. The topological polar surface area (TPSA) is 52.7 Å². The fourth-order valence-corrected chi connectivity index (χ4v) is 6.42. The molecule has 2 heterocycles. The number of carbonyl (C=O) groups is 2. The van der Waals surface area contributed by atoms with E-state index in [9.17, 15) is 9.59 Å². The van der Waals surface area contributed by atoms with Crippen molar-refractivity contribution >= 4 is 11.8 Å². The van der Waals surface area contributed by atoms with E-state index in [1.807, 2.05) is 0 Å². The van der Waals surface area contributed by atoms with Gasteiger partial charge in [-0.1, -0.05) is 63.3 Å². The Balaban J connectivity index is 1.14. The Morgan fingerprint density at radius 1 is 0.886 bits per heavy atom. The van der Waals surface area contributed by atoms with Crippen LogP contribution in [0.4, 0.5) is 0 Å². The summed E-state index contributed by atoms with van der Waals surface area (Å²) in [5.74, 6) is 0.749. The minimum atomic E-state index is 0.138. The van der Waals surface area contributed by atoms with Crippen LogP contribution in [0.1, 0.15) is 108 Å². The lowest BCUT2D eigenvalue weighted by Gasteiger charge is -2.41. The molecule has 0 saturated carbocycles. The van der Waals surface area contributed by atoms with Crippen LogP contribution in [-0.2, 0) is 16.0 Å². The highest BCUT2D eigenvalue weighted by Gasteiger charge is 2.32. The van der Waals surface area contributed by atoms with Crippen LogP contribution in [0.25, 0.3) is 0 Å². The third kappa shape index (κ3) is 7.31. The van der Waals surface area contributed by atoms with Gasteiger partial charge in [-0.05, 0) is 75.6 Å². The van der Waals surface area contributed by atoms with Crippen LogP contribution >= 0.6 is 0 Å². The Hall–Kier alpha value is -1.88. The molecule has 1 atom stereocenters. The Bertz CT molecular complexity index is 810. The smallest absolute Gasteiger partial charge is 0.223 e. The number of nitrogens with one attached hydrogen (secondary N) is 1. The second-order valence-electron chi connectivity index (χ2n) is 11.1. The molecule has 5 heteroatoms. The monoisotopic (exact) mass is 481 g/mol. The minimum Gasteiger partial charge on any atom is -0.349 e. The van der Waals surface area contributed by atoms with Crippen molar-refractivity contribution in [2.24, 2.45) is 5.92 Å². The summed E-state index contributed by atoms with van der Waals surface area (Å²) in [7, 11) is 0. The highest BCUT2D eigenvalue weighted by atomic mass is 16.2. The summed E-state index contributed by atoms with van der Waals surface area (Å²) in [6, 6.07) is 9.35. The summed E-state index contributed by atoms with van der Waals surface area (Å²) in [6.45, 7) is 6.07. The molecule has 2 saturated heterocycles. The van der Waals surface area contributed by atoms with Crippen molar-refractivity contribution in [2.45, 2.75) is 109 Å². The lowest BCUT2D eigenvalue weighted by atomic mass is 9.86. The molecule has 1 aliphatic carbocycles. The first-order valence-electron chi connectivity index (χ1n) is 14.6. The number of likely N-dealkylation sites (tertiary alicyclic amines) is 2. The van der Waals surface area contributed by atoms with Gasteiger partial charge in [-0.25, -0.2) is 0 Å². The van der Waals surface area contributed by atoms with E-state index in [1.165, 1.54) is 43.2 Å². The van der Waals surface area contributed by atoms with E-state index in [4.69, 9.17) is 0 Å². The zero-order valence-corrected chi connectivity index (χ0v) is 22.0. The summed E-state index contributed by atoms with van der Waals surface area (Å²) in [5.41, 5.74) is 2.72. The number of aryl methyl sites for hydroxylation is 1. The number of fused-ring (bicyclic) bond motifs is 1. The van der Waals surface area contributed by atoms with E-state index in [0.29, 0.717) is 11.9 Å². The summed E-state index contributed by atoms with van der Waals surface area (Å²) in [5, 5.41) is 3.39. The molecule has 4 rings (SSSR count). The van der Waals surface area contributed by atoms with Gasteiger partial charge < -0.3 is 15.1 Å². The van der Waals surface area contributed by atoms with E-state index >= 15 is 0 Å². The number of unbranched alkanes of at least 4 members (excludes halogenated alkanes) is 5. The van der Waals surface area contributed by atoms with Crippen LogP contribution in [0.3, 0.4) is 0 Å². The molecule has 1 aromatic carbocycles. The maximum absolute atomic E-state index is 13.1. The van der Waals surface area contributed by atoms with E-state index in [2.05, 4.69) is 46.3 Å². The number of amides is 2. The number of benzene rings is 1. The van der Waals surface area contributed by atoms with E-state index in [0.717, 1.165) is 84.0 Å². The fourth-order valence-electron chi connectivity index (χ4n) is 6.42. The molecule has 2 fully saturated rings. The van der Waals surface area contributed by atoms with Gasteiger partial charge in [0.15, 0.2) is 0 Å². The van der Waals surface area contributed by atoms with Gasteiger partial charge in [-0.3, -0.25) is 9.59 Å². The first-order chi connectivity index (χ1) is 17.2. The summed E-state index contributed by atoms with van der Waals surface area (Å²) in [4.78, 5) is 30.4. The van der Waals surface area contributed by atoms with Crippen molar-refractivity contribution in [3.05, 3.63) is 35.4 Å². The fraction of sp³-hybridized carbons (Fsp3) is 0.733. The molecule has 5 nitrogen and oxygen atoms in total. The average molecular weight is 482 g/mol.